The molecule has 118 valence electrons. The second-order valence-corrected chi connectivity index (χ2v) is 6.00. The van der Waals surface area contributed by atoms with Crippen molar-refractivity contribution in [2.45, 2.75) is 13.8 Å². The van der Waals surface area contributed by atoms with Crippen LogP contribution in [-0.2, 0) is 0 Å². The largest absolute Gasteiger partial charge is 0.397 e. The van der Waals surface area contributed by atoms with E-state index in [1.54, 1.807) is 13.1 Å². The zero-order valence-corrected chi connectivity index (χ0v) is 13.8. The quantitative estimate of drug-likeness (QED) is 0.750. The topological polar surface area (TPSA) is 61.6 Å². The fourth-order valence-corrected chi connectivity index (χ4v) is 2.17. The third-order valence-corrected chi connectivity index (χ3v) is 3.26. The van der Waals surface area contributed by atoms with Crippen molar-refractivity contribution in [1.82, 2.24) is 10.2 Å². The van der Waals surface area contributed by atoms with Crippen molar-refractivity contribution in [3.05, 3.63) is 23.8 Å². The predicted octanol–water partition coefficient (Wildman–Crippen LogP) is 1.65. The highest BCUT2D eigenvalue weighted by atomic mass is 16.1. The number of nitrogens with two attached hydrogens (primary N) is 1. The lowest BCUT2D eigenvalue weighted by Crippen LogP contribution is -2.35. The molecule has 0 unspecified atom stereocenters. The Kier molecular flexibility index (Phi) is 6.49. The Morgan fingerprint density at radius 2 is 1.95 bits per heavy atom. The van der Waals surface area contributed by atoms with Gasteiger partial charge in [0, 0.05) is 32.2 Å². The Morgan fingerprint density at radius 1 is 1.29 bits per heavy atom. The molecule has 0 saturated heterocycles. The number of likely N-dealkylation sites (N-methyl/N-ethyl adjacent to an activating group) is 1. The molecule has 0 aliphatic carbocycles. The number of nitrogen functional groups attached to an aromatic ring is 1. The summed E-state index contributed by atoms with van der Waals surface area (Å²) in [4.78, 5) is 16.2. The first-order chi connectivity index (χ1) is 9.85. The molecule has 5 nitrogen and oxygen atoms in total. The van der Waals surface area contributed by atoms with E-state index in [9.17, 15) is 4.79 Å². The number of hydrogen-bond acceptors (Lipinski definition) is 4. The van der Waals surface area contributed by atoms with Gasteiger partial charge in [-0.05, 0) is 38.2 Å². The van der Waals surface area contributed by atoms with E-state index in [1.807, 2.05) is 12.1 Å². The number of amides is 1. The van der Waals surface area contributed by atoms with Gasteiger partial charge in [-0.1, -0.05) is 13.8 Å². The number of benzene rings is 1. The van der Waals surface area contributed by atoms with E-state index in [0.29, 0.717) is 17.2 Å². The van der Waals surface area contributed by atoms with E-state index < -0.39 is 0 Å². The van der Waals surface area contributed by atoms with Crippen LogP contribution in [0.3, 0.4) is 0 Å². The maximum Gasteiger partial charge on any atom is 0.251 e. The summed E-state index contributed by atoms with van der Waals surface area (Å²) >= 11 is 0. The number of carbonyl (C=O) groups excluding carboxylic acids is 1. The second-order valence-electron chi connectivity index (χ2n) is 6.00. The molecule has 0 atom stereocenters. The number of anilines is 2. The van der Waals surface area contributed by atoms with Gasteiger partial charge in [-0.2, -0.15) is 0 Å². The molecule has 5 heteroatoms. The van der Waals surface area contributed by atoms with E-state index in [4.69, 9.17) is 5.73 Å². The highest BCUT2D eigenvalue weighted by molar-refractivity contribution is 5.96. The molecular weight excluding hydrogens is 264 g/mol. The zero-order valence-electron chi connectivity index (χ0n) is 13.8. The minimum atomic E-state index is -0.0895. The molecule has 0 heterocycles. The molecule has 0 spiro atoms. The number of hydrogen-bond donors (Lipinski definition) is 2. The molecule has 1 rings (SSSR count). The number of rotatable bonds is 7. The van der Waals surface area contributed by atoms with Crippen LogP contribution in [0.1, 0.15) is 24.2 Å². The summed E-state index contributed by atoms with van der Waals surface area (Å²) < 4.78 is 0. The van der Waals surface area contributed by atoms with Gasteiger partial charge >= 0.3 is 0 Å². The number of carbonyl (C=O) groups is 1. The van der Waals surface area contributed by atoms with Crippen molar-refractivity contribution in [3.8, 4) is 0 Å². The Hall–Kier alpha value is -1.75. The Bertz CT molecular complexity index is 471. The smallest absolute Gasteiger partial charge is 0.251 e. The maximum absolute atomic E-state index is 11.8. The second kappa shape index (κ2) is 7.88. The van der Waals surface area contributed by atoms with Gasteiger partial charge in [0.05, 0.1) is 11.4 Å². The minimum absolute atomic E-state index is 0.0895. The molecule has 1 aromatic carbocycles. The lowest BCUT2D eigenvalue weighted by molar-refractivity contribution is 0.0963. The van der Waals surface area contributed by atoms with E-state index in [0.717, 1.165) is 25.3 Å². The van der Waals surface area contributed by atoms with Gasteiger partial charge in [0.1, 0.15) is 0 Å². The van der Waals surface area contributed by atoms with Crippen LogP contribution in [0.4, 0.5) is 11.4 Å². The van der Waals surface area contributed by atoms with Crippen molar-refractivity contribution in [1.29, 1.82) is 0 Å². The first-order valence-electron chi connectivity index (χ1n) is 7.36. The monoisotopic (exact) mass is 292 g/mol. The summed E-state index contributed by atoms with van der Waals surface area (Å²) in [5, 5.41) is 2.65. The SMILES string of the molecule is CNC(=O)c1ccc(N)c(N(CCN(C)C)CC(C)C)c1. The fraction of sp³-hybridized carbons (Fsp3) is 0.562. The van der Waals surface area contributed by atoms with E-state index >= 15 is 0 Å². The summed E-state index contributed by atoms with van der Waals surface area (Å²) in [7, 11) is 5.74. The first kappa shape index (κ1) is 17.3. The molecule has 21 heavy (non-hydrogen) atoms. The molecule has 0 aromatic heterocycles. The van der Waals surface area contributed by atoms with Gasteiger partial charge in [0.2, 0.25) is 0 Å². The fourth-order valence-electron chi connectivity index (χ4n) is 2.17. The summed E-state index contributed by atoms with van der Waals surface area (Å²) in [6.45, 7) is 7.10. The number of nitrogens with zero attached hydrogens (tertiary/aromatic N) is 2. The summed E-state index contributed by atoms with van der Waals surface area (Å²) in [6, 6.07) is 5.45. The third kappa shape index (κ3) is 5.27. The van der Waals surface area contributed by atoms with Gasteiger partial charge < -0.3 is 20.9 Å². The molecule has 0 aliphatic rings. The summed E-state index contributed by atoms with van der Waals surface area (Å²) in [5.41, 5.74) is 8.41. The molecule has 1 aromatic rings. The van der Waals surface area contributed by atoms with Crippen molar-refractivity contribution >= 4 is 17.3 Å². The first-order valence-corrected chi connectivity index (χ1v) is 7.36. The van der Waals surface area contributed by atoms with Gasteiger partial charge in [0.25, 0.3) is 5.91 Å². The minimum Gasteiger partial charge on any atom is -0.397 e. The van der Waals surface area contributed by atoms with Gasteiger partial charge in [-0.25, -0.2) is 0 Å². The zero-order chi connectivity index (χ0) is 16.0. The standard InChI is InChI=1S/C16H28N4O/c1-12(2)11-20(9-8-19(4)5)15-10-13(16(21)18-3)6-7-14(15)17/h6-7,10,12H,8-9,11,17H2,1-5H3,(H,18,21). The highest BCUT2D eigenvalue weighted by Crippen LogP contribution is 2.25. The van der Waals surface area contributed by atoms with Crippen LogP contribution in [-0.4, -0.2) is 51.6 Å². The predicted molar refractivity (Wildman–Crippen MR) is 89.8 cm³/mol. The molecular formula is C16H28N4O. The third-order valence-electron chi connectivity index (χ3n) is 3.26. The van der Waals surface area contributed by atoms with Crippen LogP contribution in [0.2, 0.25) is 0 Å². The molecule has 0 saturated carbocycles. The Labute approximate surface area is 128 Å². The van der Waals surface area contributed by atoms with Crippen molar-refractivity contribution < 1.29 is 4.79 Å². The molecule has 0 fully saturated rings. The van der Waals surface area contributed by atoms with Crippen LogP contribution in [0.25, 0.3) is 0 Å². The van der Waals surface area contributed by atoms with E-state index in [-0.39, 0.29) is 5.91 Å². The average molecular weight is 292 g/mol. The maximum atomic E-state index is 11.8. The Morgan fingerprint density at radius 3 is 2.48 bits per heavy atom. The van der Waals surface area contributed by atoms with Crippen LogP contribution < -0.4 is 16.0 Å². The van der Waals surface area contributed by atoms with Crippen LogP contribution in [0, 0.1) is 5.92 Å². The normalized spacial score (nSPS) is 11.0. The highest BCUT2D eigenvalue weighted by Gasteiger charge is 2.14. The Balaban J connectivity index is 3.06. The van der Waals surface area contributed by atoms with Crippen molar-refractivity contribution in [3.63, 3.8) is 0 Å². The summed E-state index contributed by atoms with van der Waals surface area (Å²) in [5.74, 6) is 0.434. The van der Waals surface area contributed by atoms with Crippen molar-refractivity contribution in [2.75, 3.05) is 51.4 Å². The van der Waals surface area contributed by atoms with Gasteiger partial charge in [0.15, 0.2) is 0 Å². The van der Waals surface area contributed by atoms with Gasteiger partial charge in [-0.15, -0.1) is 0 Å². The van der Waals surface area contributed by atoms with Crippen LogP contribution >= 0.6 is 0 Å². The van der Waals surface area contributed by atoms with Gasteiger partial charge in [-0.3, -0.25) is 4.79 Å². The molecule has 0 bridgehead atoms. The van der Waals surface area contributed by atoms with E-state index in [1.165, 1.54) is 0 Å². The molecule has 1 amide bonds. The van der Waals surface area contributed by atoms with Crippen molar-refractivity contribution in [2.24, 2.45) is 5.92 Å². The van der Waals surface area contributed by atoms with Crippen LogP contribution in [0.15, 0.2) is 18.2 Å². The molecule has 0 aliphatic heterocycles. The molecule has 3 N–H and O–H groups in total. The van der Waals surface area contributed by atoms with Crippen LogP contribution in [0.5, 0.6) is 0 Å². The lowest BCUT2D eigenvalue weighted by Gasteiger charge is -2.29. The lowest BCUT2D eigenvalue weighted by atomic mass is 10.1. The molecule has 0 radical (unpaired) electrons. The van der Waals surface area contributed by atoms with E-state index in [2.05, 4.69) is 43.1 Å². The number of nitrogens with one attached hydrogen (secondary N) is 1. The summed E-state index contributed by atoms with van der Waals surface area (Å²) in [6.07, 6.45) is 0. The average Bonchev–Trinajstić information content (AvgIpc) is 2.42.